The molecule has 5 atom stereocenters. The highest BCUT2D eigenvalue weighted by atomic mass is 16.1. The second-order valence-electron chi connectivity index (χ2n) is 8.55. The number of hydrogen-bond donors (Lipinski definition) is 0. The Kier molecular flexibility index (Phi) is 2.76. The van der Waals surface area contributed by atoms with Crippen LogP contribution in [0.25, 0.3) is 0 Å². The minimum atomic E-state index is 0.362. The predicted molar refractivity (Wildman–Crippen MR) is 81.3 cm³/mol. The van der Waals surface area contributed by atoms with E-state index < -0.39 is 0 Å². The lowest BCUT2D eigenvalue weighted by Crippen LogP contribution is -2.49. The maximum Gasteiger partial charge on any atom is 0.155 e. The van der Waals surface area contributed by atoms with Crippen LogP contribution in [-0.4, -0.2) is 5.78 Å². The van der Waals surface area contributed by atoms with Gasteiger partial charge in [-0.25, -0.2) is 0 Å². The molecule has 0 heterocycles. The third-order valence-corrected chi connectivity index (χ3v) is 7.74. The molecular weight excluding hydrogens is 244 g/mol. The van der Waals surface area contributed by atoms with Crippen molar-refractivity contribution in [3.05, 3.63) is 11.6 Å². The van der Waals surface area contributed by atoms with Gasteiger partial charge in [-0.1, -0.05) is 25.8 Å². The monoisotopic (exact) mass is 272 g/mol. The molecule has 1 nitrogen and oxygen atoms in total. The summed E-state index contributed by atoms with van der Waals surface area (Å²) in [6.07, 6.45) is 13.8. The normalized spacial score (nSPS) is 51.0. The van der Waals surface area contributed by atoms with Crippen molar-refractivity contribution in [3.63, 3.8) is 0 Å². The largest absolute Gasteiger partial charge is 0.295 e. The average Bonchev–Trinajstić information content (AvgIpc) is 2.81. The van der Waals surface area contributed by atoms with E-state index in [9.17, 15) is 4.79 Å². The Bertz CT molecular complexity index is 476. The summed E-state index contributed by atoms with van der Waals surface area (Å²) in [6.45, 7) is 5.05. The molecule has 4 rings (SSSR count). The van der Waals surface area contributed by atoms with Gasteiger partial charge in [0.2, 0.25) is 0 Å². The summed E-state index contributed by atoms with van der Waals surface area (Å²) in [5.41, 5.74) is 2.53. The molecule has 110 valence electrons. The average molecular weight is 272 g/mol. The molecule has 1 heteroatoms. The Morgan fingerprint density at radius 2 is 1.85 bits per heavy atom. The molecule has 0 saturated heterocycles. The van der Waals surface area contributed by atoms with Gasteiger partial charge in [0, 0.05) is 6.42 Å². The van der Waals surface area contributed by atoms with Gasteiger partial charge in [0.05, 0.1) is 0 Å². The molecule has 0 N–H and O–H groups in total. The van der Waals surface area contributed by atoms with Crippen molar-refractivity contribution in [2.75, 3.05) is 0 Å². The number of allylic oxidation sites excluding steroid dienone is 1. The van der Waals surface area contributed by atoms with Crippen LogP contribution in [-0.2, 0) is 4.79 Å². The van der Waals surface area contributed by atoms with E-state index in [1.54, 1.807) is 0 Å². The molecule has 3 saturated carbocycles. The van der Waals surface area contributed by atoms with E-state index in [1.165, 1.54) is 50.5 Å². The van der Waals surface area contributed by atoms with Gasteiger partial charge in [-0.3, -0.25) is 4.79 Å². The summed E-state index contributed by atoms with van der Waals surface area (Å²) >= 11 is 0. The van der Waals surface area contributed by atoms with Gasteiger partial charge in [-0.15, -0.1) is 0 Å². The number of fused-ring (bicyclic) bond motifs is 5. The van der Waals surface area contributed by atoms with Gasteiger partial charge in [0.25, 0.3) is 0 Å². The zero-order valence-corrected chi connectivity index (χ0v) is 13.1. The standard InChI is InChI=1S/C19H28O/c1-18-9-3-4-16(18)15-6-5-13-12-14(20)7-11-19(13,2)17(15)8-10-18/h12,15-17H,3-11H2,1-2H3/t15?,16-,17-,18?,19?/m0/s1. The maximum atomic E-state index is 11.8. The third kappa shape index (κ3) is 1.64. The lowest BCUT2D eigenvalue weighted by molar-refractivity contribution is -0.117. The highest BCUT2D eigenvalue weighted by Gasteiger charge is 2.55. The second kappa shape index (κ2) is 4.21. The van der Waals surface area contributed by atoms with Gasteiger partial charge in [-0.05, 0) is 79.6 Å². The first-order valence-corrected chi connectivity index (χ1v) is 8.77. The molecule has 0 aromatic heterocycles. The highest BCUT2D eigenvalue weighted by Crippen LogP contribution is 2.65. The summed E-state index contributed by atoms with van der Waals surface area (Å²) < 4.78 is 0. The van der Waals surface area contributed by atoms with Crippen LogP contribution in [0.3, 0.4) is 0 Å². The molecule has 0 spiro atoms. The van der Waals surface area contributed by atoms with Crippen LogP contribution < -0.4 is 0 Å². The SMILES string of the molecule is CC12CCC[C@H]1C1CCC3=CC(=O)CCC3(C)[C@H]1CC2. The molecule has 0 aromatic rings. The van der Waals surface area contributed by atoms with Gasteiger partial charge >= 0.3 is 0 Å². The fraction of sp³-hybridized carbons (Fsp3) is 0.842. The number of rotatable bonds is 0. The summed E-state index contributed by atoms with van der Waals surface area (Å²) in [4.78, 5) is 11.8. The maximum absolute atomic E-state index is 11.8. The molecule has 3 unspecified atom stereocenters. The molecule has 0 amide bonds. The zero-order valence-electron chi connectivity index (χ0n) is 13.1. The van der Waals surface area contributed by atoms with Crippen molar-refractivity contribution in [3.8, 4) is 0 Å². The molecule has 3 fully saturated rings. The van der Waals surface area contributed by atoms with Crippen LogP contribution in [0.2, 0.25) is 0 Å². The molecule has 0 bridgehead atoms. The Hall–Kier alpha value is -0.590. The first kappa shape index (κ1) is 13.1. The van der Waals surface area contributed by atoms with Crippen molar-refractivity contribution in [2.45, 2.75) is 71.6 Å². The summed E-state index contributed by atoms with van der Waals surface area (Å²) in [5, 5.41) is 0. The van der Waals surface area contributed by atoms with Crippen LogP contribution in [0.4, 0.5) is 0 Å². The zero-order chi connectivity index (χ0) is 14.0. The van der Waals surface area contributed by atoms with Crippen molar-refractivity contribution in [1.29, 1.82) is 0 Å². The van der Waals surface area contributed by atoms with E-state index in [2.05, 4.69) is 13.8 Å². The Morgan fingerprint density at radius 3 is 2.70 bits per heavy atom. The van der Waals surface area contributed by atoms with Crippen LogP contribution in [0, 0.1) is 28.6 Å². The van der Waals surface area contributed by atoms with E-state index in [0.717, 1.165) is 30.6 Å². The highest BCUT2D eigenvalue weighted by molar-refractivity contribution is 5.91. The Balaban J connectivity index is 1.69. The Labute approximate surface area is 123 Å². The fourth-order valence-electron chi connectivity index (χ4n) is 6.55. The Morgan fingerprint density at radius 1 is 1.00 bits per heavy atom. The van der Waals surface area contributed by atoms with Crippen LogP contribution >= 0.6 is 0 Å². The van der Waals surface area contributed by atoms with Crippen LogP contribution in [0.15, 0.2) is 11.6 Å². The van der Waals surface area contributed by atoms with E-state index in [-0.39, 0.29) is 0 Å². The topological polar surface area (TPSA) is 17.1 Å². The molecule has 0 aromatic carbocycles. The van der Waals surface area contributed by atoms with Crippen LogP contribution in [0.5, 0.6) is 0 Å². The van der Waals surface area contributed by atoms with Crippen molar-refractivity contribution in [1.82, 2.24) is 0 Å². The summed E-state index contributed by atoms with van der Waals surface area (Å²) in [6, 6.07) is 0. The van der Waals surface area contributed by atoms with Crippen molar-refractivity contribution < 1.29 is 4.79 Å². The summed E-state index contributed by atoms with van der Waals surface area (Å²) in [5.74, 6) is 3.19. The number of ketones is 1. The molecule has 0 aliphatic heterocycles. The first-order chi connectivity index (χ1) is 9.53. The van der Waals surface area contributed by atoms with Gasteiger partial charge in [0.15, 0.2) is 5.78 Å². The minimum Gasteiger partial charge on any atom is -0.295 e. The quantitative estimate of drug-likeness (QED) is 0.612. The molecule has 4 aliphatic rings. The fourth-order valence-corrected chi connectivity index (χ4v) is 6.55. The van der Waals surface area contributed by atoms with Crippen molar-refractivity contribution >= 4 is 5.78 Å². The molecule has 0 radical (unpaired) electrons. The summed E-state index contributed by atoms with van der Waals surface area (Å²) in [7, 11) is 0. The van der Waals surface area contributed by atoms with Gasteiger partial charge in [-0.2, -0.15) is 0 Å². The lowest BCUT2D eigenvalue weighted by Gasteiger charge is -2.57. The van der Waals surface area contributed by atoms with Gasteiger partial charge in [0.1, 0.15) is 0 Å². The van der Waals surface area contributed by atoms with Gasteiger partial charge < -0.3 is 0 Å². The molecule has 4 aliphatic carbocycles. The van der Waals surface area contributed by atoms with E-state index >= 15 is 0 Å². The van der Waals surface area contributed by atoms with E-state index in [1.807, 2.05) is 6.08 Å². The predicted octanol–water partition coefficient (Wildman–Crippen LogP) is 4.91. The first-order valence-electron chi connectivity index (χ1n) is 8.77. The minimum absolute atomic E-state index is 0.362. The molecule has 20 heavy (non-hydrogen) atoms. The van der Waals surface area contributed by atoms with E-state index in [0.29, 0.717) is 16.6 Å². The lowest BCUT2D eigenvalue weighted by atomic mass is 9.47. The van der Waals surface area contributed by atoms with Crippen molar-refractivity contribution in [2.24, 2.45) is 28.6 Å². The smallest absolute Gasteiger partial charge is 0.155 e. The van der Waals surface area contributed by atoms with E-state index in [4.69, 9.17) is 0 Å². The van der Waals surface area contributed by atoms with Crippen LogP contribution in [0.1, 0.15) is 71.6 Å². The number of hydrogen-bond acceptors (Lipinski definition) is 1. The number of carbonyl (C=O) groups excluding carboxylic acids is 1. The third-order valence-electron chi connectivity index (χ3n) is 7.74. The molecular formula is C19H28O. The second-order valence-corrected chi connectivity index (χ2v) is 8.55. The number of carbonyl (C=O) groups is 1.